The number of carbonyl (C=O) groups excluding carboxylic acids is 4. The van der Waals surface area contributed by atoms with Crippen LogP contribution in [0.5, 0.6) is 0 Å². The fraction of sp³-hybridized carbons (Fsp3) is 0.500. The largest absolute Gasteiger partial charge is 0.331 e. The quantitative estimate of drug-likeness (QED) is 0.334. The van der Waals surface area contributed by atoms with Crippen molar-refractivity contribution in [1.82, 2.24) is 9.80 Å². The van der Waals surface area contributed by atoms with E-state index < -0.39 is 12.1 Å². The fourth-order valence-electron chi connectivity index (χ4n) is 5.78. The lowest BCUT2D eigenvalue weighted by molar-refractivity contribution is -0.138. The molecule has 2 saturated heterocycles. The highest BCUT2D eigenvalue weighted by molar-refractivity contribution is 5.98. The Morgan fingerprint density at radius 3 is 1.30 bits per heavy atom. The molecule has 0 radical (unpaired) electrons. The van der Waals surface area contributed by atoms with Gasteiger partial charge in [0, 0.05) is 37.3 Å². The number of hydrogen-bond donors (Lipinski definition) is 2. The first-order chi connectivity index (χ1) is 20.7. The number of likely N-dealkylation sites (tertiary alicyclic amines) is 2. The summed E-state index contributed by atoms with van der Waals surface area (Å²) in [4.78, 5) is 55.0. The molecule has 0 aliphatic carbocycles. The molecule has 2 aromatic carbocycles. The van der Waals surface area contributed by atoms with E-state index >= 15 is 0 Å². The summed E-state index contributed by atoms with van der Waals surface area (Å²) in [5.74, 6) is -0.209. The number of benzene rings is 2. The molecule has 0 bridgehead atoms. The molecule has 8 heteroatoms. The minimum atomic E-state index is -0.426. The molecule has 2 aromatic rings. The molecule has 2 fully saturated rings. The van der Waals surface area contributed by atoms with Crippen molar-refractivity contribution in [3.05, 3.63) is 59.7 Å². The van der Waals surface area contributed by atoms with E-state index in [0.29, 0.717) is 50.1 Å². The molecule has 2 aliphatic rings. The minimum absolute atomic E-state index is 0.0367. The summed E-state index contributed by atoms with van der Waals surface area (Å²) < 4.78 is 0. The van der Waals surface area contributed by atoms with Crippen LogP contribution in [0.1, 0.15) is 91.2 Å². The van der Waals surface area contributed by atoms with Gasteiger partial charge in [-0.1, -0.05) is 78.0 Å². The van der Waals surface area contributed by atoms with Crippen LogP contribution in [0.2, 0.25) is 0 Å². The van der Waals surface area contributed by atoms with Gasteiger partial charge in [-0.2, -0.15) is 0 Å². The zero-order valence-electron chi connectivity index (χ0n) is 27.1. The molecule has 4 amide bonds. The van der Waals surface area contributed by atoms with Crippen LogP contribution in [0.3, 0.4) is 0 Å². The lowest BCUT2D eigenvalue weighted by Crippen LogP contribution is -2.44. The van der Waals surface area contributed by atoms with E-state index in [1.165, 1.54) is 0 Å². The first-order valence-electron chi connectivity index (χ1n) is 15.8. The Balaban J connectivity index is 1.29. The first-order valence-corrected chi connectivity index (χ1v) is 15.8. The third kappa shape index (κ3) is 9.28. The van der Waals surface area contributed by atoms with Crippen molar-refractivity contribution in [3.8, 4) is 0 Å². The van der Waals surface area contributed by atoms with Crippen LogP contribution in [-0.4, -0.2) is 58.6 Å². The molecule has 0 saturated carbocycles. The van der Waals surface area contributed by atoms with E-state index in [0.717, 1.165) is 24.0 Å². The second kappa shape index (κ2) is 13.8. The van der Waals surface area contributed by atoms with E-state index in [-0.39, 0.29) is 34.5 Å². The second-order valence-corrected chi connectivity index (χ2v) is 14.5. The van der Waals surface area contributed by atoms with Crippen molar-refractivity contribution in [2.24, 2.45) is 10.8 Å². The van der Waals surface area contributed by atoms with Crippen LogP contribution < -0.4 is 10.6 Å². The van der Waals surface area contributed by atoms with Gasteiger partial charge in [0.15, 0.2) is 0 Å². The third-order valence-electron chi connectivity index (χ3n) is 7.94. The fourth-order valence-corrected chi connectivity index (χ4v) is 5.78. The van der Waals surface area contributed by atoms with Gasteiger partial charge in [0.2, 0.25) is 23.6 Å². The van der Waals surface area contributed by atoms with Crippen LogP contribution in [0.15, 0.2) is 48.5 Å². The highest BCUT2D eigenvalue weighted by atomic mass is 16.2. The summed E-state index contributed by atoms with van der Waals surface area (Å²) in [5.41, 5.74) is 3.11. The number of carbonyl (C=O) groups is 4. The van der Waals surface area contributed by atoms with Gasteiger partial charge in [-0.05, 0) is 71.9 Å². The standard InChI is InChI=1S/C36H48N4O4/c1-35(2,3)23-31(41)39-21-7-9-29(39)33(43)37-27-17-13-25(14-18-27)11-12-26-15-19-28(20-16-26)38-34(44)30-10-8-22-40(30)32(42)24-36(4,5)6/h11-20,29-30H,7-10,21-24H2,1-6H3,(H,37,43)(H,38,44)/t29-,30-/m0/s1. The highest BCUT2D eigenvalue weighted by Gasteiger charge is 2.36. The minimum Gasteiger partial charge on any atom is -0.331 e. The predicted molar refractivity (Wildman–Crippen MR) is 177 cm³/mol. The molecule has 0 unspecified atom stereocenters. The highest BCUT2D eigenvalue weighted by Crippen LogP contribution is 2.27. The van der Waals surface area contributed by atoms with Crippen molar-refractivity contribution in [1.29, 1.82) is 0 Å². The maximum Gasteiger partial charge on any atom is 0.247 e. The molecular weight excluding hydrogens is 552 g/mol. The Morgan fingerprint density at radius 1 is 0.636 bits per heavy atom. The van der Waals surface area contributed by atoms with E-state index in [9.17, 15) is 19.2 Å². The van der Waals surface area contributed by atoms with Gasteiger partial charge >= 0.3 is 0 Å². The SMILES string of the molecule is CC(C)(C)CC(=O)N1CCC[C@H]1C(=O)Nc1ccc(C=Cc2ccc(NC(=O)[C@@H]3CCCN3C(=O)CC(C)(C)C)cc2)cc1. The molecule has 236 valence electrons. The number of amides is 4. The zero-order chi connectivity index (χ0) is 32.1. The van der Waals surface area contributed by atoms with Crippen LogP contribution in [0, 0.1) is 10.8 Å². The Kier molecular flexibility index (Phi) is 10.3. The van der Waals surface area contributed by atoms with Gasteiger partial charge in [0.25, 0.3) is 0 Å². The van der Waals surface area contributed by atoms with E-state index in [2.05, 4.69) is 10.6 Å². The molecule has 8 nitrogen and oxygen atoms in total. The number of hydrogen-bond acceptors (Lipinski definition) is 4. The van der Waals surface area contributed by atoms with Crippen LogP contribution in [0.25, 0.3) is 12.2 Å². The number of nitrogens with one attached hydrogen (secondary N) is 2. The van der Waals surface area contributed by atoms with Crippen LogP contribution >= 0.6 is 0 Å². The lowest BCUT2D eigenvalue weighted by atomic mass is 9.91. The van der Waals surface area contributed by atoms with Gasteiger partial charge in [0.05, 0.1) is 0 Å². The molecule has 2 N–H and O–H groups in total. The van der Waals surface area contributed by atoms with Gasteiger partial charge in [-0.3, -0.25) is 19.2 Å². The Bertz CT molecular complexity index is 1260. The maximum atomic E-state index is 13.0. The molecule has 2 aliphatic heterocycles. The van der Waals surface area contributed by atoms with Gasteiger partial charge < -0.3 is 20.4 Å². The van der Waals surface area contributed by atoms with Crippen LogP contribution in [-0.2, 0) is 19.2 Å². The Labute approximate surface area is 262 Å². The molecule has 0 aromatic heterocycles. The summed E-state index contributed by atoms with van der Waals surface area (Å²) >= 11 is 0. The van der Waals surface area contributed by atoms with Gasteiger partial charge in [0.1, 0.15) is 12.1 Å². The number of anilines is 2. The van der Waals surface area contributed by atoms with Gasteiger partial charge in [-0.15, -0.1) is 0 Å². The van der Waals surface area contributed by atoms with Crippen LogP contribution in [0.4, 0.5) is 11.4 Å². The summed E-state index contributed by atoms with van der Waals surface area (Å²) in [6.07, 6.45) is 7.86. The summed E-state index contributed by atoms with van der Waals surface area (Å²) in [5, 5.41) is 5.96. The van der Waals surface area contributed by atoms with Crippen molar-refractivity contribution in [2.45, 2.75) is 92.2 Å². The normalized spacial score (nSPS) is 19.0. The van der Waals surface area contributed by atoms with Gasteiger partial charge in [-0.25, -0.2) is 0 Å². The molecule has 2 heterocycles. The second-order valence-electron chi connectivity index (χ2n) is 14.5. The molecule has 44 heavy (non-hydrogen) atoms. The number of nitrogens with zero attached hydrogens (tertiary/aromatic N) is 2. The third-order valence-corrected chi connectivity index (χ3v) is 7.94. The van der Waals surface area contributed by atoms with E-state index in [1.807, 2.05) is 102 Å². The van der Waals surface area contributed by atoms with Crippen molar-refractivity contribution >= 4 is 47.2 Å². The monoisotopic (exact) mass is 600 g/mol. The van der Waals surface area contributed by atoms with Crippen molar-refractivity contribution < 1.29 is 19.2 Å². The van der Waals surface area contributed by atoms with Crippen molar-refractivity contribution in [3.63, 3.8) is 0 Å². The topological polar surface area (TPSA) is 98.8 Å². The summed E-state index contributed by atoms with van der Waals surface area (Å²) in [7, 11) is 0. The predicted octanol–water partition coefficient (Wildman–Crippen LogP) is 6.59. The Hall–Kier alpha value is -3.94. The van der Waals surface area contributed by atoms with E-state index in [1.54, 1.807) is 9.80 Å². The molecule has 4 rings (SSSR count). The summed E-state index contributed by atoms with van der Waals surface area (Å²) in [6, 6.07) is 14.4. The first kappa shape index (κ1) is 33.0. The lowest BCUT2D eigenvalue weighted by Gasteiger charge is -2.27. The average molecular weight is 601 g/mol. The molecule has 2 atom stereocenters. The maximum absolute atomic E-state index is 13.0. The Morgan fingerprint density at radius 2 is 0.977 bits per heavy atom. The molecular formula is C36H48N4O4. The van der Waals surface area contributed by atoms with E-state index in [4.69, 9.17) is 0 Å². The smallest absolute Gasteiger partial charge is 0.247 e. The average Bonchev–Trinajstić information content (AvgIpc) is 3.62. The summed E-state index contributed by atoms with van der Waals surface area (Å²) in [6.45, 7) is 13.5. The molecule has 0 spiro atoms. The zero-order valence-corrected chi connectivity index (χ0v) is 27.1. The van der Waals surface area contributed by atoms with Crippen molar-refractivity contribution in [2.75, 3.05) is 23.7 Å². The number of rotatable bonds is 8.